The van der Waals surface area contributed by atoms with E-state index in [9.17, 15) is 9.18 Å². The first-order valence-corrected chi connectivity index (χ1v) is 11.9. The standard InChI is InChI=1S/C27H36FN3O4/c1-18(30-9-13-34-24-17-21(28)6-7-23(24)35-27(2,3)4)14-19-15-20-8-11-31(10-5-12-32)25(20)22(16-19)26(29)33/h6-8,11,15-18,30,32H,5,9-10,12-14H2,1-4H3,(H2,29,33)/t18-/m1/s1. The van der Waals surface area contributed by atoms with E-state index in [0.29, 0.717) is 49.6 Å². The predicted octanol–water partition coefficient (Wildman–Crippen LogP) is 4.04. The highest BCUT2D eigenvalue weighted by Gasteiger charge is 2.17. The number of aliphatic hydroxyl groups excluding tert-OH is 1. The van der Waals surface area contributed by atoms with Gasteiger partial charge in [0.15, 0.2) is 11.5 Å². The van der Waals surface area contributed by atoms with Gasteiger partial charge in [0.1, 0.15) is 18.0 Å². The minimum Gasteiger partial charge on any atom is -0.488 e. The largest absolute Gasteiger partial charge is 0.488 e. The lowest BCUT2D eigenvalue weighted by atomic mass is 10.0. The molecule has 0 saturated carbocycles. The Kier molecular flexibility index (Phi) is 8.75. The van der Waals surface area contributed by atoms with Crippen molar-refractivity contribution in [3.05, 3.63) is 59.5 Å². The number of halogens is 1. The average molecular weight is 486 g/mol. The van der Waals surface area contributed by atoms with Gasteiger partial charge in [0.2, 0.25) is 0 Å². The summed E-state index contributed by atoms with van der Waals surface area (Å²) in [5, 5.41) is 13.5. The molecule has 0 unspecified atom stereocenters. The number of benzene rings is 2. The average Bonchev–Trinajstić information content (AvgIpc) is 3.18. The number of aryl methyl sites for hydroxylation is 1. The number of fused-ring (bicyclic) bond motifs is 1. The van der Waals surface area contributed by atoms with E-state index in [-0.39, 0.29) is 18.5 Å². The number of nitrogens with two attached hydrogens (primary N) is 1. The van der Waals surface area contributed by atoms with Crippen LogP contribution in [0.4, 0.5) is 4.39 Å². The van der Waals surface area contributed by atoms with Gasteiger partial charge in [0.25, 0.3) is 5.91 Å². The Balaban J connectivity index is 1.60. The lowest BCUT2D eigenvalue weighted by Gasteiger charge is -2.23. The Morgan fingerprint density at radius 1 is 1.20 bits per heavy atom. The second-order valence-electron chi connectivity index (χ2n) is 9.75. The van der Waals surface area contributed by atoms with Gasteiger partial charge in [-0.15, -0.1) is 0 Å². The van der Waals surface area contributed by atoms with Crippen LogP contribution in [0.15, 0.2) is 42.6 Å². The molecule has 0 aliphatic rings. The van der Waals surface area contributed by atoms with Crippen molar-refractivity contribution < 1.29 is 23.8 Å². The number of aliphatic hydroxyl groups is 1. The minimum atomic E-state index is -0.474. The topological polar surface area (TPSA) is 98.7 Å². The van der Waals surface area contributed by atoms with Crippen molar-refractivity contribution in [2.24, 2.45) is 5.73 Å². The minimum absolute atomic E-state index is 0.0840. The van der Waals surface area contributed by atoms with Crippen LogP contribution < -0.4 is 20.5 Å². The number of ether oxygens (including phenoxy) is 2. The van der Waals surface area contributed by atoms with Gasteiger partial charge in [-0.25, -0.2) is 4.39 Å². The van der Waals surface area contributed by atoms with Crippen molar-refractivity contribution in [3.63, 3.8) is 0 Å². The van der Waals surface area contributed by atoms with Gasteiger partial charge in [-0.2, -0.15) is 0 Å². The number of primary amides is 1. The van der Waals surface area contributed by atoms with Crippen molar-refractivity contribution in [2.75, 3.05) is 19.8 Å². The summed E-state index contributed by atoms with van der Waals surface area (Å²) in [6, 6.07) is 10.2. The number of hydrogen-bond donors (Lipinski definition) is 3. The second kappa shape index (κ2) is 11.6. The van der Waals surface area contributed by atoms with Gasteiger partial charge >= 0.3 is 0 Å². The quantitative estimate of drug-likeness (QED) is 0.336. The van der Waals surface area contributed by atoms with Crippen LogP contribution in [-0.2, 0) is 13.0 Å². The van der Waals surface area contributed by atoms with Crippen LogP contribution >= 0.6 is 0 Å². The fourth-order valence-corrected chi connectivity index (χ4v) is 4.05. The number of carbonyl (C=O) groups is 1. The van der Waals surface area contributed by atoms with E-state index < -0.39 is 11.5 Å². The third kappa shape index (κ3) is 7.44. The number of carbonyl (C=O) groups excluding carboxylic acids is 1. The van der Waals surface area contributed by atoms with Gasteiger partial charge in [0.05, 0.1) is 11.1 Å². The molecule has 1 amide bonds. The van der Waals surface area contributed by atoms with Crippen LogP contribution in [0.1, 0.15) is 50.0 Å². The fraction of sp³-hybridized carbons (Fsp3) is 0.444. The van der Waals surface area contributed by atoms with Crippen molar-refractivity contribution in [1.29, 1.82) is 0 Å². The zero-order chi connectivity index (χ0) is 25.6. The first-order chi connectivity index (χ1) is 16.6. The number of rotatable bonds is 12. The summed E-state index contributed by atoms with van der Waals surface area (Å²) >= 11 is 0. The number of aromatic nitrogens is 1. The molecule has 8 heteroatoms. The van der Waals surface area contributed by atoms with Crippen LogP contribution in [0.3, 0.4) is 0 Å². The molecule has 190 valence electrons. The summed E-state index contributed by atoms with van der Waals surface area (Å²) in [6.07, 6.45) is 3.21. The molecule has 3 rings (SSSR count). The van der Waals surface area contributed by atoms with Gasteiger partial charge < -0.3 is 30.2 Å². The third-order valence-corrected chi connectivity index (χ3v) is 5.46. The van der Waals surface area contributed by atoms with E-state index in [4.69, 9.17) is 20.3 Å². The smallest absolute Gasteiger partial charge is 0.250 e. The van der Waals surface area contributed by atoms with Crippen LogP contribution in [0, 0.1) is 5.82 Å². The lowest BCUT2D eigenvalue weighted by molar-refractivity contribution is 0.100. The van der Waals surface area contributed by atoms with Crippen molar-refractivity contribution in [1.82, 2.24) is 9.88 Å². The van der Waals surface area contributed by atoms with Crippen LogP contribution in [0.2, 0.25) is 0 Å². The summed E-state index contributed by atoms with van der Waals surface area (Å²) in [5.74, 6) is 0.0217. The predicted molar refractivity (Wildman–Crippen MR) is 136 cm³/mol. The van der Waals surface area contributed by atoms with E-state index >= 15 is 0 Å². The maximum absolute atomic E-state index is 13.7. The maximum atomic E-state index is 13.7. The Labute approximate surface area is 206 Å². The van der Waals surface area contributed by atoms with Crippen LogP contribution in [-0.4, -0.2) is 47.0 Å². The van der Waals surface area contributed by atoms with Crippen LogP contribution in [0.5, 0.6) is 11.5 Å². The summed E-state index contributed by atoms with van der Waals surface area (Å²) in [6.45, 7) is 9.42. The highest BCUT2D eigenvalue weighted by molar-refractivity contribution is 6.05. The Hall–Kier alpha value is -3.10. The molecule has 3 aromatic rings. The molecular weight excluding hydrogens is 449 g/mol. The lowest BCUT2D eigenvalue weighted by Crippen LogP contribution is -2.32. The zero-order valence-corrected chi connectivity index (χ0v) is 20.9. The molecule has 0 saturated heterocycles. The molecule has 1 aromatic heterocycles. The SMILES string of the molecule is C[C@H](Cc1cc(C(N)=O)c2c(ccn2CCCO)c1)NCCOc1cc(F)ccc1OC(C)(C)C. The first kappa shape index (κ1) is 26.5. The monoisotopic (exact) mass is 485 g/mol. The molecule has 1 atom stereocenters. The van der Waals surface area contributed by atoms with E-state index in [1.165, 1.54) is 12.1 Å². The van der Waals surface area contributed by atoms with E-state index in [2.05, 4.69) is 18.3 Å². The second-order valence-corrected chi connectivity index (χ2v) is 9.75. The number of nitrogens with zero attached hydrogens (tertiary/aromatic N) is 1. The highest BCUT2D eigenvalue weighted by atomic mass is 19.1. The Morgan fingerprint density at radius 2 is 1.97 bits per heavy atom. The number of amides is 1. The molecule has 1 heterocycles. The van der Waals surface area contributed by atoms with Crippen molar-refractivity contribution >= 4 is 16.8 Å². The normalized spacial score (nSPS) is 12.6. The first-order valence-electron chi connectivity index (χ1n) is 11.9. The Bertz CT molecular complexity index is 1150. The number of nitrogens with one attached hydrogen (secondary N) is 1. The van der Waals surface area contributed by atoms with Gasteiger partial charge in [-0.1, -0.05) is 0 Å². The summed E-state index contributed by atoms with van der Waals surface area (Å²) < 4.78 is 27.4. The van der Waals surface area contributed by atoms with Crippen molar-refractivity contribution in [3.8, 4) is 11.5 Å². The van der Waals surface area contributed by atoms with E-state index in [1.807, 2.05) is 43.7 Å². The molecule has 0 radical (unpaired) electrons. The number of hydrogen-bond acceptors (Lipinski definition) is 5. The van der Waals surface area contributed by atoms with Crippen molar-refractivity contribution in [2.45, 2.75) is 58.7 Å². The summed E-state index contributed by atoms with van der Waals surface area (Å²) in [7, 11) is 0. The molecule has 0 bridgehead atoms. The zero-order valence-electron chi connectivity index (χ0n) is 20.9. The molecule has 0 aliphatic carbocycles. The van der Waals surface area contributed by atoms with Crippen LogP contribution in [0.25, 0.3) is 10.9 Å². The molecule has 4 N–H and O–H groups in total. The molecular formula is C27H36FN3O4. The van der Waals surface area contributed by atoms with Gasteiger partial charge in [-0.05, 0) is 76.4 Å². The molecule has 0 aliphatic heterocycles. The maximum Gasteiger partial charge on any atom is 0.250 e. The van der Waals surface area contributed by atoms with E-state index in [1.54, 1.807) is 6.07 Å². The van der Waals surface area contributed by atoms with E-state index in [0.717, 1.165) is 16.5 Å². The molecule has 0 spiro atoms. The molecule has 0 fully saturated rings. The summed E-state index contributed by atoms with van der Waals surface area (Å²) in [4.78, 5) is 12.2. The van der Waals surface area contributed by atoms with Gasteiger partial charge in [-0.3, -0.25) is 4.79 Å². The third-order valence-electron chi connectivity index (χ3n) is 5.46. The molecule has 35 heavy (non-hydrogen) atoms. The van der Waals surface area contributed by atoms with Gasteiger partial charge in [0, 0.05) is 43.4 Å². The molecule has 2 aromatic carbocycles. The highest BCUT2D eigenvalue weighted by Crippen LogP contribution is 2.31. The fourth-order valence-electron chi connectivity index (χ4n) is 4.05. The molecule has 7 nitrogen and oxygen atoms in total. The summed E-state index contributed by atoms with van der Waals surface area (Å²) in [5.41, 5.74) is 7.53. The Morgan fingerprint density at radius 3 is 2.66 bits per heavy atom.